The van der Waals surface area contributed by atoms with Crippen molar-refractivity contribution < 1.29 is 4.79 Å². The van der Waals surface area contributed by atoms with Gasteiger partial charge in [0.05, 0.1) is 0 Å². The van der Waals surface area contributed by atoms with Gasteiger partial charge in [0.1, 0.15) is 6.04 Å². The van der Waals surface area contributed by atoms with E-state index in [2.05, 4.69) is 64.3 Å². The lowest BCUT2D eigenvalue weighted by Gasteiger charge is -2.25. The Morgan fingerprint density at radius 1 is 1.07 bits per heavy atom. The topological polar surface area (TPSA) is 35.6 Å². The Balaban J connectivity index is 1.38. The molecule has 3 aromatic rings. The highest BCUT2D eigenvalue weighted by Crippen LogP contribution is 2.32. The first kappa shape index (κ1) is 19.0. The van der Waals surface area contributed by atoms with Crippen LogP contribution in [0.15, 0.2) is 77.7 Å². The first-order valence-electron chi connectivity index (χ1n) is 9.68. The third-order valence-electron chi connectivity index (χ3n) is 5.01. The van der Waals surface area contributed by atoms with Gasteiger partial charge in [-0.05, 0) is 53.3 Å². The monoisotopic (exact) mass is 391 g/mol. The minimum absolute atomic E-state index is 0.0734. The minimum Gasteiger partial charge on any atom is -0.287 e. The summed E-state index contributed by atoms with van der Waals surface area (Å²) >= 11 is 1.69. The molecule has 1 fully saturated rings. The first-order chi connectivity index (χ1) is 13.7. The Labute approximate surface area is 170 Å². The number of hydrazine groups is 1. The molecule has 5 heteroatoms. The van der Waals surface area contributed by atoms with Crippen molar-refractivity contribution in [1.29, 1.82) is 0 Å². The average molecular weight is 392 g/mol. The van der Waals surface area contributed by atoms with Gasteiger partial charge in [0, 0.05) is 25.0 Å². The number of amides is 1. The Morgan fingerprint density at radius 3 is 2.64 bits per heavy atom. The largest absolute Gasteiger partial charge is 0.287 e. The molecule has 1 heterocycles. The molecule has 1 atom stereocenters. The first-order valence-corrected chi connectivity index (χ1v) is 10.5. The number of rotatable bonds is 6. The van der Waals surface area contributed by atoms with Crippen LogP contribution < -0.4 is 5.43 Å². The van der Waals surface area contributed by atoms with Gasteiger partial charge in [0.2, 0.25) is 0 Å². The molecular weight excluding hydrogens is 366 g/mol. The van der Waals surface area contributed by atoms with Crippen LogP contribution in [0.5, 0.6) is 0 Å². The number of fused-ring (bicyclic) bond motifs is 1. The van der Waals surface area contributed by atoms with Crippen molar-refractivity contribution in [3.63, 3.8) is 0 Å². The van der Waals surface area contributed by atoms with Crippen LogP contribution in [0, 0.1) is 0 Å². The summed E-state index contributed by atoms with van der Waals surface area (Å²) in [5, 5.41) is 4.34. The van der Waals surface area contributed by atoms with Crippen molar-refractivity contribution >= 4 is 28.6 Å². The molecule has 1 aliphatic rings. The number of benzene rings is 3. The van der Waals surface area contributed by atoms with Crippen LogP contribution in [0.3, 0.4) is 0 Å². The summed E-state index contributed by atoms with van der Waals surface area (Å²) in [6.45, 7) is 1.62. The normalized spacial score (nSPS) is 17.3. The number of nitrogens with zero attached hydrogens (tertiary/aromatic N) is 2. The number of hydrogen-bond acceptors (Lipinski definition) is 4. The predicted molar refractivity (Wildman–Crippen MR) is 116 cm³/mol. The zero-order chi connectivity index (χ0) is 19.3. The second kappa shape index (κ2) is 8.78. The van der Waals surface area contributed by atoms with Crippen LogP contribution >= 0.6 is 11.9 Å². The van der Waals surface area contributed by atoms with Gasteiger partial charge < -0.3 is 0 Å². The van der Waals surface area contributed by atoms with Crippen LogP contribution in [0.1, 0.15) is 18.4 Å². The van der Waals surface area contributed by atoms with E-state index in [0.29, 0.717) is 6.54 Å². The second-order valence-electron chi connectivity index (χ2n) is 7.22. The summed E-state index contributed by atoms with van der Waals surface area (Å²) in [6, 6.07) is 24.9. The third-order valence-corrected chi connectivity index (χ3v) is 6.15. The molecular formula is C23H25N3OS. The molecule has 0 saturated carbocycles. The summed E-state index contributed by atoms with van der Waals surface area (Å²) in [6.07, 6.45) is 1.94. The summed E-state index contributed by atoms with van der Waals surface area (Å²) in [5.74, 6) is 0.0734. The van der Waals surface area contributed by atoms with Crippen LogP contribution in [0.25, 0.3) is 10.8 Å². The third kappa shape index (κ3) is 4.55. The lowest BCUT2D eigenvalue weighted by atomic mass is 10.1. The van der Waals surface area contributed by atoms with Crippen LogP contribution in [-0.2, 0) is 11.3 Å². The molecule has 1 aliphatic heterocycles. The number of carbonyl (C=O) groups excluding carboxylic acids is 1. The molecule has 4 nitrogen and oxygen atoms in total. The fraction of sp³-hybridized carbons (Fsp3) is 0.261. The smallest absolute Gasteiger partial charge is 0.252 e. The highest BCUT2D eigenvalue weighted by molar-refractivity contribution is 7.97. The average Bonchev–Trinajstić information content (AvgIpc) is 3.17. The minimum atomic E-state index is -0.102. The molecule has 1 amide bonds. The lowest BCUT2D eigenvalue weighted by Crippen LogP contribution is -2.47. The van der Waals surface area contributed by atoms with Crippen molar-refractivity contribution in [1.82, 2.24) is 14.7 Å². The Morgan fingerprint density at radius 2 is 1.82 bits per heavy atom. The molecule has 0 bridgehead atoms. The SMILES string of the molecule is CN(Cc1ccccc1)NC(=O)C1CCCN1Sc1ccc2ccccc2c1. The van der Waals surface area contributed by atoms with E-state index in [1.165, 1.54) is 21.2 Å². The van der Waals surface area contributed by atoms with E-state index in [9.17, 15) is 4.79 Å². The van der Waals surface area contributed by atoms with Gasteiger partial charge in [-0.2, -0.15) is 0 Å². The maximum atomic E-state index is 12.9. The fourth-order valence-electron chi connectivity index (χ4n) is 3.63. The highest BCUT2D eigenvalue weighted by Gasteiger charge is 2.32. The van der Waals surface area contributed by atoms with Crippen LogP contribution in [-0.4, -0.2) is 34.9 Å². The Kier molecular flexibility index (Phi) is 5.95. The van der Waals surface area contributed by atoms with Crippen LogP contribution in [0.2, 0.25) is 0 Å². The molecule has 0 aliphatic carbocycles. The van der Waals surface area contributed by atoms with E-state index >= 15 is 0 Å². The molecule has 4 rings (SSSR count). The van der Waals surface area contributed by atoms with Gasteiger partial charge >= 0.3 is 0 Å². The summed E-state index contributed by atoms with van der Waals surface area (Å²) in [4.78, 5) is 14.0. The summed E-state index contributed by atoms with van der Waals surface area (Å²) in [7, 11) is 1.92. The van der Waals surface area contributed by atoms with E-state index < -0.39 is 0 Å². The van der Waals surface area contributed by atoms with Crippen molar-refractivity contribution in [2.75, 3.05) is 13.6 Å². The maximum absolute atomic E-state index is 12.9. The molecule has 0 radical (unpaired) electrons. The zero-order valence-electron chi connectivity index (χ0n) is 16.0. The summed E-state index contributed by atoms with van der Waals surface area (Å²) in [5.41, 5.74) is 4.23. The zero-order valence-corrected chi connectivity index (χ0v) is 16.9. The van der Waals surface area contributed by atoms with Crippen molar-refractivity contribution in [3.05, 3.63) is 78.4 Å². The van der Waals surface area contributed by atoms with E-state index in [1.807, 2.05) is 30.3 Å². The Hall–Kier alpha value is -2.34. The van der Waals surface area contributed by atoms with E-state index in [4.69, 9.17) is 0 Å². The number of hydrogen-bond donors (Lipinski definition) is 1. The van der Waals surface area contributed by atoms with Gasteiger partial charge in [0.25, 0.3) is 5.91 Å². The van der Waals surface area contributed by atoms with Gasteiger partial charge in [-0.1, -0.05) is 60.7 Å². The molecule has 1 saturated heterocycles. The summed E-state index contributed by atoms with van der Waals surface area (Å²) < 4.78 is 2.22. The molecule has 144 valence electrons. The molecule has 0 aromatic heterocycles. The highest BCUT2D eigenvalue weighted by atomic mass is 32.2. The molecule has 1 N–H and O–H groups in total. The van der Waals surface area contributed by atoms with E-state index in [1.54, 1.807) is 11.9 Å². The molecule has 28 heavy (non-hydrogen) atoms. The molecule has 3 aromatic carbocycles. The van der Waals surface area contributed by atoms with Gasteiger partial charge in [-0.3, -0.25) is 10.2 Å². The molecule has 0 spiro atoms. The van der Waals surface area contributed by atoms with Gasteiger partial charge in [0.15, 0.2) is 0 Å². The fourth-order valence-corrected chi connectivity index (χ4v) is 4.76. The standard InChI is InChI=1S/C23H25N3OS/c1-25(17-18-8-3-2-4-9-18)24-23(27)22-12-7-15-26(22)28-21-14-13-19-10-5-6-11-20(19)16-21/h2-6,8-11,13-14,16,22H,7,12,15,17H2,1H3,(H,24,27). The lowest BCUT2D eigenvalue weighted by molar-refractivity contribution is -0.128. The molecule has 1 unspecified atom stereocenters. The Bertz CT molecular complexity index is 947. The van der Waals surface area contributed by atoms with E-state index in [0.717, 1.165) is 19.4 Å². The second-order valence-corrected chi connectivity index (χ2v) is 8.34. The van der Waals surface area contributed by atoms with E-state index in [-0.39, 0.29) is 11.9 Å². The van der Waals surface area contributed by atoms with Crippen molar-refractivity contribution in [2.45, 2.75) is 30.3 Å². The van der Waals surface area contributed by atoms with Gasteiger partial charge in [-0.25, -0.2) is 9.31 Å². The maximum Gasteiger partial charge on any atom is 0.252 e. The number of carbonyl (C=O) groups is 1. The van der Waals surface area contributed by atoms with Crippen molar-refractivity contribution in [3.8, 4) is 0 Å². The number of nitrogens with one attached hydrogen (secondary N) is 1. The predicted octanol–water partition coefficient (Wildman–Crippen LogP) is 4.47. The van der Waals surface area contributed by atoms with Crippen molar-refractivity contribution in [2.24, 2.45) is 0 Å². The van der Waals surface area contributed by atoms with Crippen LogP contribution in [0.4, 0.5) is 0 Å². The quantitative estimate of drug-likeness (QED) is 0.497. The van der Waals surface area contributed by atoms with Gasteiger partial charge in [-0.15, -0.1) is 0 Å².